The largest absolute Gasteiger partial charge is 0.478 e. The number of carboxylic acids is 1. The molecule has 1 heterocycles. The lowest BCUT2D eigenvalue weighted by atomic mass is 10.1. The molecule has 0 aliphatic carbocycles. The van der Waals surface area contributed by atoms with Crippen molar-refractivity contribution >= 4 is 23.1 Å². The predicted octanol–water partition coefficient (Wildman–Crippen LogP) is 1.95. The van der Waals surface area contributed by atoms with Crippen molar-refractivity contribution < 1.29 is 19.4 Å². The van der Waals surface area contributed by atoms with Crippen LogP contribution >= 0.6 is 0 Å². The van der Waals surface area contributed by atoms with E-state index < -0.39 is 5.97 Å². The summed E-state index contributed by atoms with van der Waals surface area (Å²) in [6.07, 6.45) is 0. The molecule has 0 radical (unpaired) electrons. The molecule has 0 saturated heterocycles. The Hall–Kier alpha value is -2.08. The fourth-order valence-corrected chi connectivity index (χ4v) is 1.61. The van der Waals surface area contributed by atoms with Crippen molar-refractivity contribution in [2.24, 2.45) is 5.92 Å². The van der Waals surface area contributed by atoms with E-state index in [0.717, 1.165) is 0 Å². The maximum Gasteiger partial charge on any atom is 0.335 e. The van der Waals surface area contributed by atoms with Crippen LogP contribution in [-0.4, -0.2) is 33.8 Å². The van der Waals surface area contributed by atoms with E-state index in [2.05, 4.69) is 10.3 Å². The first-order valence-corrected chi connectivity index (χ1v) is 6.02. The van der Waals surface area contributed by atoms with Gasteiger partial charge < -0.3 is 19.9 Å². The van der Waals surface area contributed by atoms with Crippen LogP contribution in [0.5, 0.6) is 0 Å². The quantitative estimate of drug-likeness (QED) is 0.764. The summed E-state index contributed by atoms with van der Waals surface area (Å²) in [5.74, 6) is -0.945. The monoisotopic (exact) mass is 264 g/mol. The maximum atomic E-state index is 10.9. The maximum absolute atomic E-state index is 10.9. The van der Waals surface area contributed by atoms with Crippen molar-refractivity contribution in [2.75, 3.05) is 11.9 Å². The molecule has 2 aromatic rings. The number of hydrogen-bond acceptors (Lipinski definition) is 5. The van der Waals surface area contributed by atoms with E-state index in [-0.39, 0.29) is 24.1 Å². The predicted molar refractivity (Wildman–Crippen MR) is 70.3 cm³/mol. The zero-order valence-electron chi connectivity index (χ0n) is 10.8. The lowest BCUT2D eigenvalue weighted by Gasteiger charge is -2.17. The van der Waals surface area contributed by atoms with Crippen molar-refractivity contribution in [1.29, 1.82) is 0 Å². The van der Waals surface area contributed by atoms with Crippen LogP contribution in [0.2, 0.25) is 0 Å². The van der Waals surface area contributed by atoms with Crippen molar-refractivity contribution in [3.05, 3.63) is 23.8 Å². The summed E-state index contributed by atoms with van der Waals surface area (Å²) in [4.78, 5) is 15.1. The molecule has 0 bridgehead atoms. The summed E-state index contributed by atoms with van der Waals surface area (Å²) >= 11 is 0. The Morgan fingerprint density at radius 2 is 2.21 bits per heavy atom. The Bertz CT molecular complexity index is 593. The Morgan fingerprint density at radius 3 is 2.84 bits per heavy atom. The zero-order chi connectivity index (χ0) is 14.0. The summed E-state index contributed by atoms with van der Waals surface area (Å²) in [5.41, 5.74) is 1.18. The van der Waals surface area contributed by atoms with Gasteiger partial charge >= 0.3 is 5.97 Å². The van der Waals surface area contributed by atoms with E-state index >= 15 is 0 Å². The van der Waals surface area contributed by atoms with E-state index in [9.17, 15) is 4.79 Å². The Kier molecular flexibility index (Phi) is 3.71. The Balaban J connectivity index is 2.24. The third-order valence-corrected chi connectivity index (χ3v) is 3.13. The fraction of sp³-hybridized carbons (Fsp3) is 0.385. The highest BCUT2D eigenvalue weighted by molar-refractivity contribution is 5.92. The fourth-order valence-electron chi connectivity index (χ4n) is 1.61. The number of aromatic nitrogens is 1. The van der Waals surface area contributed by atoms with E-state index in [4.69, 9.17) is 14.6 Å². The van der Waals surface area contributed by atoms with Crippen LogP contribution in [0.1, 0.15) is 24.2 Å². The second kappa shape index (κ2) is 5.27. The first-order valence-electron chi connectivity index (χ1n) is 6.02. The van der Waals surface area contributed by atoms with Crippen molar-refractivity contribution in [1.82, 2.24) is 4.98 Å². The molecule has 1 aromatic heterocycles. The number of anilines is 1. The number of benzene rings is 1. The Labute approximate surface area is 110 Å². The molecule has 19 heavy (non-hydrogen) atoms. The van der Waals surface area contributed by atoms with Crippen LogP contribution in [0.15, 0.2) is 22.6 Å². The lowest BCUT2D eigenvalue weighted by Crippen LogP contribution is -2.26. The van der Waals surface area contributed by atoms with Gasteiger partial charge in [-0.1, -0.05) is 6.92 Å². The lowest BCUT2D eigenvalue weighted by molar-refractivity contribution is 0.0697. The summed E-state index contributed by atoms with van der Waals surface area (Å²) in [6.45, 7) is 3.89. The van der Waals surface area contributed by atoms with Gasteiger partial charge in [0.25, 0.3) is 6.01 Å². The number of hydrogen-bond donors (Lipinski definition) is 3. The highest BCUT2D eigenvalue weighted by atomic mass is 16.4. The van der Waals surface area contributed by atoms with Gasteiger partial charge in [0.1, 0.15) is 5.52 Å². The average molecular weight is 264 g/mol. The molecule has 102 valence electrons. The molecule has 2 unspecified atom stereocenters. The van der Waals surface area contributed by atoms with Gasteiger partial charge in [-0.05, 0) is 31.0 Å². The Morgan fingerprint density at radius 1 is 1.47 bits per heavy atom. The van der Waals surface area contributed by atoms with Crippen molar-refractivity contribution in [2.45, 2.75) is 19.9 Å². The topological polar surface area (TPSA) is 95.6 Å². The molecule has 0 amide bonds. The first kappa shape index (κ1) is 13.4. The van der Waals surface area contributed by atoms with E-state index in [1.807, 2.05) is 13.8 Å². The van der Waals surface area contributed by atoms with Crippen LogP contribution < -0.4 is 5.32 Å². The van der Waals surface area contributed by atoms with Crippen LogP contribution in [0.3, 0.4) is 0 Å². The molecular weight excluding hydrogens is 248 g/mol. The first-order chi connectivity index (χ1) is 9.01. The number of aliphatic hydroxyl groups excluding tert-OH is 1. The minimum atomic E-state index is -1.00. The number of nitrogens with one attached hydrogen (secondary N) is 1. The molecule has 0 aliphatic heterocycles. The molecule has 0 saturated carbocycles. The second-order valence-corrected chi connectivity index (χ2v) is 4.60. The molecule has 2 rings (SSSR count). The van der Waals surface area contributed by atoms with Gasteiger partial charge in [0, 0.05) is 12.6 Å². The molecule has 0 aliphatic rings. The third-order valence-electron chi connectivity index (χ3n) is 3.13. The number of fused-ring (bicyclic) bond motifs is 1. The molecular formula is C13H16N2O4. The van der Waals surface area contributed by atoms with Gasteiger partial charge in [-0.3, -0.25) is 0 Å². The molecule has 6 nitrogen and oxygen atoms in total. The zero-order valence-corrected chi connectivity index (χ0v) is 10.8. The molecule has 0 fully saturated rings. The smallest absolute Gasteiger partial charge is 0.335 e. The number of aliphatic hydroxyl groups is 1. The van der Waals surface area contributed by atoms with Gasteiger partial charge in [0.15, 0.2) is 5.58 Å². The van der Waals surface area contributed by atoms with Crippen molar-refractivity contribution in [3.8, 4) is 0 Å². The standard InChI is InChI=1S/C13H16N2O4/c1-7(6-16)8(2)14-13-15-10-4-3-9(12(17)18)5-11(10)19-13/h3-5,7-8,16H,6H2,1-2H3,(H,14,15)(H,17,18). The number of aromatic carboxylic acids is 1. The van der Waals surface area contributed by atoms with Crippen LogP contribution in [0.25, 0.3) is 11.1 Å². The van der Waals surface area contributed by atoms with Crippen molar-refractivity contribution in [3.63, 3.8) is 0 Å². The van der Waals surface area contributed by atoms with E-state index in [1.54, 1.807) is 6.07 Å². The van der Waals surface area contributed by atoms with Gasteiger partial charge in [-0.15, -0.1) is 0 Å². The number of rotatable bonds is 5. The molecule has 6 heteroatoms. The van der Waals surface area contributed by atoms with Gasteiger partial charge in [-0.25, -0.2) is 4.79 Å². The average Bonchev–Trinajstić information content (AvgIpc) is 2.78. The molecule has 2 atom stereocenters. The highest BCUT2D eigenvalue weighted by Gasteiger charge is 2.15. The van der Waals surface area contributed by atoms with Gasteiger partial charge in [0.2, 0.25) is 0 Å². The minimum Gasteiger partial charge on any atom is -0.478 e. The summed E-state index contributed by atoms with van der Waals surface area (Å²) < 4.78 is 5.46. The summed E-state index contributed by atoms with van der Waals surface area (Å²) in [7, 11) is 0. The van der Waals surface area contributed by atoms with Crippen LogP contribution in [-0.2, 0) is 0 Å². The second-order valence-electron chi connectivity index (χ2n) is 4.60. The summed E-state index contributed by atoms with van der Waals surface area (Å²) in [5, 5.41) is 21.0. The highest BCUT2D eigenvalue weighted by Crippen LogP contribution is 2.21. The van der Waals surface area contributed by atoms with Crippen LogP contribution in [0.4, 0.5) is 6.01 Å². The van der Waals surface area contributed by atoms with E-state index in [0.29, 0.717) is 17.1 Å². The van der Waals surface area contributed by atoms with Gasteiger partial charge in [0.05, 0.1) is 5.56 Å². The number of nitrogens with zero attached hydrogens (tertiary/aromatic N) is 1. The number of carbonyl (C=O) groups is 1. The summed E-state index contributed by atoms with van der Waals surface area (Å²) in [6, 6.07) is 4.85. The van der Waals surface area contributed by atoms with E-state index in [1.165, 1.54) is 12.1 Å². The number of oxazole rings is 1. The normalized spacial score (nSPS) is 14.3. The third kappa shape index (κ3) is 2.85. The number of carboxylic acid groups (broad SMARTS) is 1. The van der Waals surface area contributed by atoms with Gasteiger partial charge in [-0.2, -0.15) is 4.98 Å². The minimum absolute atomic E-state index is 0.00277. The molecule has 0 spiro atoms. The molecule has 3 N–H and O–H groups in total. The van der Waals surface area contributed by atoms with Crippen LogP contribution in [0, 0.1) is 5.92 Å². The SMILES string of the molecule is CC(CO)C(C)Nc1nc2ccc(C(=O)O)cc2o1. The molecule has 1 aromatic carbocycles.